The topological polar surface area (TPSA) is 106 Å². The zero-order valence-corrected chi connectivity index (χ0v) is 5.77. The Kier molecular flexibility index (Phi) is 18.2. The van der Waals surface area contributed by atoms with Crippen LogP contribution in [0.15, 0.2) is 0 Å². The van der Waals surface area contributed by atoms with Crippen LogP contribution in [0.5, 0.6) is 0 Å². The molecule has 59 valence electrons. The Hall–Kier alpha value is -0.590. The van der Waals surface area contributed by atoms with Crippen molar-refractivity contribution in [2.75, 3.05) is 0 Å². The maximum absolute atomic E-state index is 8.89. The van der Waals surface area contributed by atoms with E-state index in [2.05, 4.69) is 0 Å². The number of aliphatic carboxylic acids is 1. The van der Waals surface area contributed by atoms with Crippen molar-refractivity contribution in [3.63, 3.8) is 0 Å². The number of nitrogens with zero attached hydrogens (tertiary/aromatic N) is 1. The molecule has 0 unspecified atom stereocenters. The first-order chi connectivity index (χ1) is 3.46. The van der Waals surface area contributed by atoms with Crippen molar-refractivity contribution in [1.82, 2.24) is 0 Å². The fraction of sp³-hybridized carbons (Fsp3) is 0.500. The smallest absolute Gasteiger partial charge is 0.0689 e. The Labute approximate surface area is 66.1 Å². The van der Waals surface area contributed by atoms with E-state index in [0.717, 1.165) is 6.92 Å². The van der Waals surface area contributed by atoms with Gasteiger partial charge < -0.3 is 25.2 Å². The van der Waals surface area contributed by atoms with E-state index in [1.807, 2.05) is 0 Å². The van der Waals surface area contributed by atoms with Crippen LogP contribution in [-0.4, -0.2) is 11.1 Å². The summed E-state index contributed by atoms with van der Waals surface area (Å²) in [5.41, 5.74) is 0. The molecule has 0 saturated carbocycles. The van der Waals surface area contributed by atoms with Crippen molar-refractivity contribution in [1.29, 1.82) is 0 Å². The molecule has 0 amide bonds. The maximum Gasteiger partial charge on any atom is 0.0689 e. The molecular weight excluding hydrogens is 226 g/mol. The predicted octanol–water partition coefficient (Wildman–Crippen LogP) is -1.49. The standard InChI is InChI=1S/C2H4O2.Ag.NO3/c1-2(3)4;;2-1(3)4/h1H3,(H,3,4);;/q;;-1/p-1. The molecule has 0 aliphatic rings. The minimum absolute atomic E-state index is 0. The molecule has 0 fully saturated rings. The van der Waals surface area contributed by atoms with Crippen LogP contribution in [0.3, 0.4) is 0 Å². The maximum atomic E-state index is 8.89. The molecule has 0 spiro atoms. The van der Waals surface area contributed by atoms with Crippen molar-refractivity contribution in [2.45, 2.75) is 6.92 Å². The van der Waals surface area contributed by atoms with Crippen molar-refractivity contribution in [2.24, 2.45) is 0 Å². The van der Waals surface area contributed by atoms with E-state index in [4.69, 9.17) is 25.2 Å². The van der Waals surface area contributed by atoms with Gasteiger partial charge in [0, 0.05) is 28.3 Å². The molecule has 1 radical (unpaired) electrons. The van der Waals surface area contributed by atoms with E-state index < -0.39 is 11.1 Å². The fourth-order valence-corrected chi connectivity index (χ4v) is 0. The fourth-order valence-electron chi connectivity index (χ4n) is 0. The molecule has 0 aliphatic carbocycles. The second kappa shape index (κ2) is 10.4. The molecule has 0 N–H and O–H groups in total. The Balaban J connectivity index is -0.0000000720. The third-order valence-electron chi connectivity index (χ3n) is 0. The number of carboxylic acid groups (broad SMARTS) is 1. The van der Waals surface area contributed by atoms with Crippen LogP contribution in [0.4, 0.5) is 0 Å². The van der Waals surface area contributed by atoms with Gasteiger partial charge in [-0.05, 0) is 6.92 Å². The van der Waals surface area contributed by atoms with Crippen molar-refractivity contribution in [3.05, 3.63) is 15.3 Å². The van der Waals surface area contributed by atoms with E-state index in [1.165, 1.54) is 0 Å². The van der Waals surface area contributed by atoms with Gasteiger partial charge in [0.05, 0.1) is 5.09 Å². The Morgan fingerprint density at radius 1 is 1.44 bits per heavy atom. The first-order valence-electron chi connectivity index (χ1n) is 1.46. The number of carbonyl (C=O) groups excluding carboxylic acids is 1. The first-order valence-corrected chi connectivity index (χ1v) is 1.46. The van der Waals surface area contributed by atoms with Crippen molar-refractivity contribution >= 4 is 5.97 Å². The summed E-state index contributed by atoms with van der Waals surface area (Å²) in [5, 5.41) is 23.6. The molecular formula is C2H3AgNO5-2. The van der Waals surface area contributed by atoms with Crippen molar-refractivity contribution < 1.29 is 37.4 Å². The van der Waals surface area contributed by atoms with E-state index in [1.54, 1.807) is 0 Å². The third-order valence-corrected chi connectivity index (χ3v) is 0. The summed E-state index contributed by atoms with van der Waals surface area (Å²) in [7, 11) is 0. The van der Waals surface area contributed by atoms with Gasteiger partial charge in [0.1, 0.15) is 0 Å². The van der Waals surface area contributed by atoms with Gasteiger partial charge in [0.15, 0.2) is 0 Å². The zero-order chi connectivity index (χ0) is 7.15. The van der Waals surface area contributed by atoms with Crippen LogP contribution in [0.2, 0.25) is 0 Å². The summed E-state index contributed by atoms with van der Waals surface area (Å²) in [6.45, 7) is 0.972. The van der Waals surface area contributed by atoms with E-state index >= 15 is 0 Å². The summed E-state index contributed by atoms with van der Waals surface area (Å²) in [6, 6.07) is 0. The van der Waals surface area contributed by atoms with Crippen LogP contribution >= 0.6 is 0 Å². The molecule has 7 heteroatoms. The van der Waals surface area contributed by atoms with Gasteiger partial charge in [-0.15, -0.1) is 0 Å². The molecule has 0 aromatic rings. The molecule has 9 heavy (non-hydrogen) atoms. The van der Waals surface area contributed by atoms with Crippen LogP contribution in [-0.2, 0) is 27.2 Å². The number of rotatable bonds is 0. The predicted molar refractivity (Wildman–Crippen MR) is 21.0 cm³/mol. The number of carboxylic acids is 1. The average Bonchev–Trinajstić information content (AvgIpc) is 1.25. The number of hydrogen-bond donors (Lipinski definition) is 0. The Morgan fingerprint density at radius 3 is 1.44 bits per heavy atom. The second-order valence-electron chi connectivity index (χ2n) is 0.715. The van der Waals surface area contributed by atoms with Gasteiger partial charge in [-0.2, -0.15) is 0 Å². The van der Waals surface area contributed by atoms with Crippen molar-refractivity contribution in [3.8, 4) is 0 Å². The van der Waals surface area contributed by atoms with Gasteiger partial charge in [0.2, 0.25) is 0 Å². The van der Waals surface area contributed by atoms with Gasteiger partial charge in [0.25, 0.3) is 0 Å². The van der Waals surface area contributed by atoms with Crippen LogP contribution in [0, 0.1) is 15.3 Å². The SMILES string of the molecule is CC(=O)[O-].O=[N+]([O-])[O-].[Ag]. The van der Waals surface area contributed by atoms with Gasteiger partial charge >= 0.3 is 0 Å². The summed E-state index contributed by atoms with van der Waals surface area (Å²) >= 11 is 0. The summed E-state index contributed by atoms with van der Waals surface area (Å²) in [5.74, 6) is -1.08. The van der Waals surface area contributed by atoms with Crippen LogP contribution in [0.25, 0.3) is 0 Å². The molecule has 0 aromatic heterocycles. The monoisotopic (exact) mass is 228 g/mol. The summed E-state index contributed by atoms with van der Waals surface area (Å²) in [4.78, 5) is 17.1. The molecule has 0 saturated heterocycles. The molecule has 0 aliphatic heterocycles. The Bertz CT molecular complexity index is 73.0. The van der Waals surface area contributed by atoms with E-state index in [-0.39, 0.29) is 22.4 Å². The van der Waals surface area contributed by atoms with Gasteiger partial charge in [-0.3, -0.25) is 0 Å². The van der Waals surface area contributed by atoms with E-state index in [9.17, 15) is 0 Å². The molecule has 0 atom stereocenters. The number of hydrogen-bond acceptors (Lipinski definition) is 5. The third kappa shape index (κ3) is 624. The van der Waals surface area contributed by atoms with E-state index in [0.29, 0.717) is 0 Å². The second-order valence-corrected chi connectivity index (χ2v) is 0.715. The number of carbonyl (C=O) groups is 1. The minimum Gasteiger partial charge on any atom is -0.550 e. The summed E-state index contributed by atoms with van der Waals surface area (Å²) in [6.07, 6.45) is 0. The van der Waals surface area contributed by atoms with Crippen LogP contribution in [0.1, 0.15) is 6.92 Å². The largest absolute Gasteiger partial charge is 0.550 e. The minimum atomic E-state index is -1.75. The Morgan fingerprint density at radius 2 is 1.44 bits per heavy atom. The average molecular weight is 229 g/mol. The normalized spacial score (nSPS) is 5.44. The molecule has 0 rings (SSSR count). The quantitative estimate of drug-likeness (QED) is 0.286. The molecule has 0 aromatic carbocycles. The molecule has 6 nitrogen and oxygen atoms in total. The molecule has 0 heterocycles. The van der Waals surface area contributed by atoms with Crippen LogP contribution < -0.4 is 5.11 Å². The first kappa shape index (κ1) is 15.8. The van der Waals surface area contributed by atoms with Gasteiger partial charge in [-0.25, -0.2) is 0 Å². The summed E-state index contributed by atoms with van der Waals surface area (Å²) < 4.78 is 0. The zero-order valence-electron chi connectivity index (χ0n) is 4.29. The van der Waals surface area contributed by atoms with Gasteiger partial charge in [-0.1, -0.05) is 0 Å². The molecule has 0 bridgehead atoms.